The van der Waals surface area contributed by atoms with E-state index in [0.29, 0.717) is 11.0 Å². The van der Waals surface area contributed by atoms with Crippen LogP contribution in [0.25, 0.3) is 22.5 Å². The first kappa shape index (κ1) is 14.2. The summed E-state index contributed by atoms with van der Waals surface area (Å²) in [6.07, 6.45) is 0.728. The molecule has 0 N–H and O–H groups in total. The maximum atomic E-state index is 6.44. The molecule has 0 aliphatic carbocycles. The summed E-state index contributed by atoms with van der Waals surface area (Å²) >= 11 is 6.44. The van der Waals surface area contributed by atoms with Crippen molar-refractivity contribution in [2.45, 2.75) is 6.16 Å². The average Bonchev–Trinajstić information content (AvgIpc) is 2.55. The number of hydrogen-bond acceptors (Lipinski definition) is 2. The largest absolute Gasteiger partial charge is 0.232 e. The van der Waals surface area contributed by atoms with Gasteiger partial charge in [0, 0.05) is 17.3 Å². The summed E-state index contributed by atoms with van der Waals surface area (Å²) in [5.41, 5.74) is 3.86. The average molecular weight is 313 g/mol. The monoisotopic (exact) mass is 312 g/mol. The van der Waals surface area contributed by atoms with Crippen molar-refractivity contribution in [3.05, 3.63) is 71.5 Å². The van der Waals surface area contributed by atoms with Crippen LogP contribution in [0.15, 0.2) is 60.7 Å². The predicted octanol–water partition coefficient (Wildman–Crippen LogP) is 4.84. The van der Waals surface area contributed by atoms with Gasteiger partial charge in [0.25, 0.3) is 0 Å². The Morgan fingerprint density at radius 3 is 1.95 bits per heavy atom. The SMILES string of the molecule is PCc1nc(-c2ccccc2)nc(Cl)c1-c1ccccc1. The molecule has 2 nitrogen and oxygen atoms in total. The van der Waals surface area contributed by atoms with E-state index in [0.717, 1.165) is 28.5 Å². The van der Waals surface area contributed by atoms with Crippen molar-refractivity contribution in [2.24, 2.45) is 0 Å². The summed E-state index contributed by atoms with van der Waals surface area (Å²) in [5, 5.41) is 0.493. The minimum Gasteiger partial charge on any atom is -0.232 e. The Labute approximate surface area is 131 Å². The number of rotatable bonds is 3. The van der Waals surface area contributed by atoms with Crippen LogP contribution in [0.3, 0.4) is 0 Å². The second-order valence-corrected chi connectivity index (χ2v) is 5.36. The third-order valence-electron chi connectivity index (χ3n) is 3.23. The Kier molecular flexibility index (Phi) is 4.28. The first-order chi connectivity index (χ1) is 10.3. The van der Waals surface area contributed by atoms with Crippen LogP contribution in [-0.4, -0.2) is 9.97 Å². The van der Waals surface area contributed by atoms with Crippen molar-refractivity contribution in [2.75, 3.05) is 0 Å². The Bertz CT molecular complexity index is 745. The van der Waals surface area contributed by atoms with Crippen molar-refractivity contribution in [1.82, 2.24) is 9.97 Å². The zero-order chi connectivity index (χ0) is 14.7. The van der Waals surface area contributed by atoms with Gasteiger partial charge in [-0.2, -0.15) is 0 Å². The first-order valence-electron chi connectivity index (χ1n) is 6.67. The fourth-order valence-electron chi connectivity index (χ4n) is 2.23. The van der Waals surface area contributed by atoms with E-state index in [1.54, 1.807) is 0 Å². The van der Waals surface area contributed by atoms with E-state index in [9.17, 15) is 0 Å². The maximum Gasteiger partial charge on any atom is 0.161 e. The van der Waals surface area contributed by atoms with E-state index < -0.39 is 0 Å². The van der Waals surface area contributed by atoms with Crippen LogP contribution in [0, 0.1) is 0 Å². The lowest BCUT2D eigenvalue weighted by Gasteiger charge is -2.11. The van der Waals surface area contributed by atoms with Gasteiger partial charge < -0.3 is 0 Å². The Balaban J connectivity index is 2.16. The standard InChI is InChI=1S/C17H14ClN2P/c18-16-15(12-7-3-1-4-8-12)14(11-21)19-17(20-16)13-9-5-2-6-10-13/h1-10H,11,21H2. The van der Waals surface area contributed by atoms with Crippen LogP contribution < -0.4 is 0 Å². The smallest absolute Gasteiger partial charge is 0.161 e. The number of nitrogens with zero attached hydrogens (tertiary/aromatic N) is 2. The quantitative estimate of drug-likeness (QED) is 0.511. The van der Waals surface area contributed by atoms with Gasteiger partial charge in [0.05, 0.1) is 5.69 Å². The second-order valence-electron chi connectivity index (χ2n) is 4.60. The molecule has 1 atom stereocenters. The van der Waals surface area contributed by atoms with Gasteiger partial charge in [0.1, 0.15) is 5.15 Å². The highest BCUT2D eigenvalue weighted by Crippen LogP contribution is 2.32. The molecule has 0 saturated heterocycles. The number of hydrogen-bond donors (Lipinski definition) is 0. The van der Waals surface area contributed by atoms with Gasteiger partial charge in [0.15, 0.2) is 5.82 Å². The number of aromatic nitrogens is 2. The molecule has 0 amide bonds. The topological polar surface area (TPSA) is 25.8 Å². The number of benzene rings is 2. The van der Waals surface area contributed by atoms with Gasteiger partial charge in [-0.1, -0.05) is 72.3 Å². The molecule has 0 aliphatic rings. The fourth-order valence-corrected chi connectivity index (χ4v) is 2.82. The van der Waals surface area contributed by atoms with Crippen LogP contribution in [0.4, 0.5) is 0 Å². The molecule has 1 aromatic heterocycles. The summed E-state index contributed by atoms with van der Waals surface area (Å²) in [6, 6.07) is 19.9. The second kappa shape index (κ2) is 6.34. The van der Waals surface area contributed by atoms with Gasteiger partial charge in [0.2, 0.25) is 0 Å². The molecule has 21 heavy (non-hydrogen) atoms. The molecular weight excluding hydrogens is 299 g/mol. The summed E-state index contributed by atoms with van der Waals surface area (Å²) in [5.74, 6) is 0.665. The molecule has 0 spiro atoms. The lowest BCUT2D eigenvalue weighted by Crippen LogP contribution is -1.99. The molecule has 3 rings (SSSR count). The molecule has 104 valence electrons. The first-order valence-corrected chi connectivity index (χ1v) is 7.86. The summed E-state index contributed by atoms with van der Waals surface area (Å²) in [4.78, 5) is 9.16. The van der Waals surface area contributed by atoms with Crippen molar-refractivity contribution in [3.63, 3.8) is 0 Å². The van der Waals surface area contributed by atoms with Crippen LogP contribution in [0.1, 0.15) is 5.69 Å². The van der Waals surface area contributed by atoms with Gasteiger partial charge in [-0.3, -0.25) is 0 Å². The summed E-state index contributed by atoms with van der Waals surface area (Å²) in [6.45, 7) is 0. The van der Waals surface area contributed by atoms with Crippen molar-refractivity contribution in [1.29, 1.82) is 0 Å². The molecule has 0 saturated carbocycles. The summed E-state index contributed by atoms with van der Waals surface area (Å²) in [7, 11) is 2.71. The molecule has 1 unspecified atom stereocenters. The van der Waals surface area contributed by atoms with Crippen LogP contribution in [0.5, 0.6) is 0 Å². The van der Waals surface area contributed by atoms with Gasteiger partial charge in [-0.15, -0.1) is 9.24 Å². The highest BCUT2D eigenvalue weighted by atomic mass is 35.5. The van der Waals surface area contributed by atoms with E-state index >= 15 is 0 Å². The van der Waals surface area contributed by atoms with Crippen LogP contribution in [-0.2, 0) is 6.16 Å². The zero-order valence-electron chi connectivity index (χ0n) is 11.3. The molecule has 3 aromatic rings. The Morgan fingerprint density at radius 1 is 0.810 bits per heavy atom. The van der Waals surface area contributed by atoms with E-state index in [-0.39, 0.29) is 0 Å². The van der Waals surface area contributed by atoms with Gasteiger partial charge in [-0.05, 0) is 5.56 Å². The van der Waals surface area contributed by atoms with E-state index in [2.05, 4.69) is 19.2 Å². The van der Waals surface area contributed by atoms with Gasteiger partial charge in [-0.25, -0.2) is 9.97 Å². The molecule has 1 heterocycles. The van der Waals surface area contributed by atoms with E-state index in [1.165, 1.54) is 0 Å². The molecule has 4 heteroatoms. The Morgan fingerprint density at radius 2 is 1.38 bits per heavy atom. The lowest BCUT2D eigenvalue weighted by molar-refractivity contribution is 1.10. The molecule has 0 radical (unpaired) electrons. The minimum atomic E-state index is 0.493. The van der Waals surface area contributed by atoms with Gasteiger partial charge >= 0.3 is 0 Å². The third kappa shape index (κ3) is 2.97. The number of halogens is 1. The predicted molar refractivity (Wildman–Crippen MR) is 91.3 cm³/mol. The fraction of sp³-hybridized carbons (Fsp3) is 0.0588. The van der Waals surface area contributed by atoms with Crippen molar-refractivity contribution < 1.29 is 0 Å². The zero-order valence-corrected chi connectivity index (χ0v) is 13.2. The van der Waals surface area contributed by atoms with Crippen LogP contribution in [0.2, 0.25) is 5.15 Å². The van der Waals surface area contributed by atoms with E-state index in [1.807, 2.05) is 60.7 Å². The highest BCUT2D eigenvalue weighted by Gasteiger charge is 2.14. The molecule has 2 aromatic carbocycles. The molecule has 0 fully saturated rings. The Hall–Kier alpha value is -1.76. The lowest BCUT2D eigenvalue weighted by atomic mass is 10.1. The minimum absolute atomic E-state index is 0.493. The molecule has 0 aliphatic heterocycles. The maximum absolute atomic E-state index is 6.44. The van der Waals surface area contributed by atoms with Crippen molar-refractivity contribution >= 4 is 20.8 Å². The molecular formula is C17H14ClN2P. The molecule has 0 bridgehead atoms. The van der Waals surface area contributed by atoms with Crippen molar-refractivity contribution in [3.8, 4) is 22.5 Å². The highest BCUT2D eigenvalue weighted by molar-refractivity contribution is 7.15. The normalized spacial score (nSPS) is 10.6. The third-order valence-corrected chi connectivity index (χ3v) is 3.89. The summed E-state index contributed by atoms with van der Waals surface area (Å²) < 4.78 is 0. The van der Waals surface area contributed by atoms with Crippen LogP contribution >= 0.6 is 20.8 Å². The van der Waals surface area contributed by atoms with E-state index in [4.69, 9.17) is 11.6 Å².